The van der Waals surface area contributed by atoms with Gasteiger partial charge in [0.1, 0.15) is 5.82 Å². The van der Waals surface area contributed by atoms with E-state index >= 15 is 0 Å². The average molecular weight is 272 g/mol. The summed E-state index contributed by atoms with van der Waals surface area (Å²) in [6.45, 7) is 2.27. The summed E-state index contributed by atoms with van der Waals surface area (Å²) in [6, 6.07) is 5.26. The summed E-state index contributed by atoms with van der Waals surface area (Å²) >= 11 is 3.42. The molecule has 1 aliphatic carbocycles. The lowest BCUT2D eigenvalue weighted by atomic mass is 10.1. The molecule has 0 saturated heterocycles. The summed E-state index contributed by atoms with van der Waals surface area (Å²) in [4.78, 5) is 0. The molecule has 0 bridgehead atoms. The Balaban J connectivity index is 2.07. The van der Waals surface area contributed by atoms with Crippen LogP contribution in [-0.4, -0.2) is 6.04 Å². The molecule has 0 spiro atoms. The Bertz CT molecular complexity index is 353. The number of halogens is 2. The molecule has 15 heavy (non-hydrogen) atoms. The lowest BCUT2D eigenvalue weighted by Gasteiger charge is -2.15. The van der Waals surface area contributed by atoms with Gasteiger partial charge in [0, 0.05) is 10.5 Å². The van der Waals surface area contributed by atoms with Crippen molar-refractivity contribution < 1.29 is 4.39 Å². The van der Waals surface area contributed by atoms with Crippen molar-refractivity contribution in [2.75, 3.05) is 5.32 Å². The van der Waals surface area contributed by atoms with Crippen molar-refractivity contribution in [3.05, 3.63) is 28.5 Å². The first-order chi connectivity index (χ1) is 7.15. The van der Waals surface area contributed by atoms with E-state index in [9.17, 15) is 4.39 Å². The van der Waals surface area contributed by atoms with Crippen molar-refractivity contribution in [1.29, 1.82) is 0 Å². The highest BCUT2D eigenvalue weighted by Gasteiger charge is 2.21. The number of rotatable bonds is 2. The Hall–Kier alpha value is -0.570. The van der Waals surface area contributed by atoms with Crippen LogP contribution in [0.25, 0.3) is 0 Å². The van der Waals surface area contributed by atoms with E-state index in [1.54, 1.807) is 12.1 Å². The van der Waals surface area contributed by atoms with Crippen LogP contribution < -0.4 is 5.32 Å². The second-order valence-corrected chi connectivity index (χ2v) is 5.24. The van der Waals surface area contributed by atoms with Crippen LogP contribution in [0.5, 0.6) is 0 Å². The van der Waals surface area contributed by atoms with Gasteiger partial charge in [-0.3, -0.25) is 0 Å². The van der Waals surface area contributed by atoms with E-state index < -0.39 is 0 Å². The van der Waals surface area contributed by atoms with Crippen LogP contribution >= 0.6 is 15.9 Å². The molecule has 1 nitrogen and oxygen atoms in total. The van der Waals surface area contributed by atoms with Gasteiger partial charge in [-0.1, -0.05) is 6.92 Å². The van der Waals surface area contributed by atoms with Gasteiger partial charge in [-0.25, -0.2) is 4.39 Å². The maximum absolute atomic E-state index is 13.0. The Morgan fingerprint density at radius 2 is 2.20 bits per heavy atom. The standard InChI is InChI=1S/C12H15BrFN/c1-8-2-4-10(6-8)15-12-7-9(14)3-5-11(12)13/h3,5,7-8,10,15H,2,4,6H2,1H3. The first kappa shape index (κ1) is 10.9. The van der Waals surface area contributed by atoms with Crippen LogP contribution in [-0.2, 0) is 0 Å². The molecule has 0 aliphatic heterocycles. The average Bonchev–Trinajstić information content (AvgIpc) is 2.58. The van der Waals surface area contributed by atoms with Crippen molar-refractivity contribution in [1.82, 2.24) is 0 Å². The SMILES string of the molecule is CC1CCC(Nc2cc(F)ccc2Br)C1. The fourth-order valence-corrected chi connectivity index (χ4v) is 2.53. The van der Waals surface area contributed by atoms with Gasteiger partial charge in [-0.05, 0) is 59.3 Å². The number of anilines is 1. The Kier molecular flexibility index (Phi) is 3.29. The minimum atomic E-state index is -0.188. The molecular weight excluding hydrogens is 257 g/mol. The fourth-order valence-electron chi connectivity index (χ4n) is 2.17. The van der Waals surface area contributed by atoms with Gasteiger partial charge in [0.05, 0.1) is 5.69 Å². The first-order valence-corrected chi connectivity index (χ1v) is 6.16. The van der Waals surface area contributed by atoms with Gasteiger partial charge in [-0.2, -0.15) is 0 Å². The zero-order valence-electron chi connectivity index (χ0n) is 8.76. The summed E-state index contributed by atoms with van der Waals surface area (Å²) in [5.41, 5.74) is 0.870. The molecule has 0 radical (unpaired) electrons. The molecule has 1 aromatic carbocycles. The number of hydrogen-bond donors (Lipinski definition) is 1. The minimum absolute atomic E-state index is 0.188. The van der Waals surface area contributed by atoms with Crippen molar-refractivity contribution in [2.24, 2.45) is 5.92 Å². The molecule has 82 valence electrons. The van der Waals surface area contributed by atoms with Crippen LogP contribution in [0.1, 0.15) is 26.2 Å². The van der Waals surface area contributed by atoms with E-state index in [0.717, 1.165) is 16.1 Å². The second-order valence-electron chi connectivity index (χ2n) is 4.38. The van der Waals surface area contributed by atoms with Crippen LogP contribution in [0.2, 0.25) is 0 Å². The molecule has 1 aromatic rings. The minimum Gasteiger partial charge on any atom is -0.381 e. The summed E-state index contributed by atoms with van der Waals surface area (Å²) in [5.74, 6) is 0.599. The third kappa shape index (κ3) is 2.71. The molecule has 0 amide bonds. The molecule has 1 N–H and O–H groups in total. The molecule has 2 unspecified atom stereocenters. The predicted octanol–water partition coefficient (Wildman–Crippen LogP) is 4.19. The highest BCUT2D eigenvalue weighted by atomic mass is 79.9. The van der Waals surface area contributed by atoms with Gasteiger partial charge in [-0.15, -0.1) is 0 Å². The summed E-state index contributed by atoms with van der Waals surface area (Å²) < 4.78 is 14.0. The maximum Gasteiger partial charge on any atom is 0.125 e. The van der Waals surface area contributed by atoms with Crippen LogP contribution in [0.15, 0.2) is 22.7 Å². The third-order valence-corrected chi connectivity index (χ3v) is 3.67. The van der Waals surface area contributed by atoms with E-state index in [0.29, 0.717) is 6.04 Å². The van der Waals surface area contributed by atoms with Crippen LogP contribution in [0, 0.1) is 11.7 Å². The van der Waals surface area contributed by atoms with Crippen LogP contribution in [0.4, 0.5) is 10.1 Å². The molecule has 2 rings (SSSR count). The summed E-state index contributed by atoms with van der Waals surface area (Å²) in [5, 5.41) is 3.39. The smallest absolute Gasteiger partial charge is 0.125 e. The van der Waals surface area contributed by atoms with Crippen molar-refractivity contribution in [2.45, 2.75) is 32.2 Å². The summed E-state index contributed by atoms with van der Waals surface area (Å²) in [6.07, 6.45) is 3.64. The van der Waals surface area contributed by atoms with E-state index in [4.69, 9.17) is 0 Å². The molecule has 0 heterocycles. The number of benzene rings is 1. The largest absolute Gasteiger partial charge is 0.381 e. The molecule has 1 aliphatic rings. The topological polar surface area (TPSA) is 12.0 Å². The Morgan fingerprint density at radius 3 is 2.87 bits per heavy atom. The van der Waals surface area contributed by atoms with E-state index in [1.807, 2.05) is 0 Å². The first-order valence-electron chi connectivity index (χ1n) is 5.37. The zero-order chi connectivity index (χ0) is 10.8. The third-order valence-electron chi connectivity index (χ3n) is 2.98. The maximum atomic E-state index is 13.0. The second kappa shape index (κ2) is 4.52. The van der Waals surface area contributed by atoms with E-state index in [1.165, 1.54) is 25.3 Å². The van der Waals surface area contributed by atoms with Crippen molar-refractivity contribution >= 4 is 21.6 Å². The monoisotopic (exact) mass is 271 g/mol. The number of nitrogens with one attached hydrogen (secondary N) is 1. The predicted molar refractivity (Wildman–Crippen MR) is 64.5 cm³/mol. The molecule has 1 saturated carbocycles. The number of hydrogen-bond acceptors (Lipinski definition) is 1. The Labute approximate surface area is 98.2 Å². The van der Waals surface area contributed by atoms with Crippen molar-refractivity contribution in [3.63, 3.8) is 0 Å². The molecule has 1 fully saturated rings. The van der Waals surface area contributed by atoms with Gasteiger partial charge >= 0.3 is 0 Å². The van der Waals surface area contributed by atoms with Gasteiger partial charge in [0.25, 0.3) is 0 Å². The van der Waals surface area contributed by atoms with Crippen molar-refractivity contribution in [3.8, 4) is 0 Å². The van der Waals surface area contributed by atoms with Gasteiger partial charge < -0.3 is 5.32 Å². The highest BCUT2D eigenvalue weighted by Crippen LogP contribution is 2.30. The van der Waals surface area contributed by atoms with E-state index in [2.05, 4.69) is 28.2 Å². The van der Waals surface area contributed by atoms with Crippen LogP contribution in [0.3, 0.4) is 0 Å². The lowest BCUT2D eigenvalue weighted by molar-refractivity contribution is 0.602. The molecule has 2 atom stereocenters. The quantitative estimate of drug-likeness (QED) is 0.851. The lowest BCUT2D eigenvalue weighted by Crippen LogP contribution is -2.15. The highest BCUT2D eigenvalue weighted by molar-refractivity contribution is 9.10. The van der Waals surface area contributed by atoms with E-state index in [-0.39, 0.29) is 5.82 Å². The van der Waals surface area contributed by atoms with Gasteiger partial charge in [0.15, 0.2) is 0 Å². The Morgan fingerprint density at radius 1 is 1.40 bits per heavy atom. The molecule has 0 aromatic heterocycles. The van der Waals surface area contributed by atoms with Gasteiger partial charge in [0.2, 0.25) is 0 Å². The molecule has 3 heteroatoms. The molecular formula is C12H15BrFN. The normalized spacial score (nSPS) is 25.5. The fraction of sp³-hybridized carbons (Fsp3) is 0.500. The summed E-state index contributed by atoms with van der Waals surface area (Å²) in [7, 11) is 0. The zero-order valence-corrected chi connectivity index (χ0v) is 10.3.